The molecule has 6 heteroatoms. The molecular weight excluding hydrogens is 388 g/mol. The Kier molecular flexibility index (Phi) is 4.82. The van der Waals surface area contributed by atoms with Crippen molar-refractivity contribution < 1.29 is 9.21 Å². The molecule has 1 atom stereocenters. The first-order valence-electron chi connectivity index (χ1n) is 10.4. The van der Waals surface area contributed by atoms with Gasteiger partial charge in [0.15, 0.2) is 0 Å². The lowest BCUT2D eigenvalue weighted by Crippen LogP contribution is -2.29. The number of furan rings is 1. The van der Waals surface area contributed by atoms with Gasteiger partial charge in [-0.1, -0.05) is 24.3 Å². The van der Waals surface area contributed by atoms with Crippen molar-refractivity contribution in [1.82, 2.24) is 9.78 Å². The minimum absolute atomic E-state index is 0.182. The molecular formula is C25H24N4O2. The zero-order chi connectivity index (χ0) is 21.4. The highest BCUT2D eigenvalue weighted by atomic mass is 16.3. The molecule has 31 heavy (non-hydrogen) atoms. The average Bonchev–Trinajstić information content (AvgIpc) is 3.48. The summed E-state index contributed by atoms with van der Waals surface area (Å²) in [5.74, 6) is 0.485. The predicted molar refractivity (Wildman–Crippen MR) is 121 cm³/mol. The number of carbonyl (C=O) groups is 1. The van der Waals surface area contributed by atoms with E-state index >= 15 is 0 Å². The van der Waals surface area contributed by atoms with Crippen LogP contribution >= 0.6 is 0 Å². The van der Waals surface area contributed by atoms with Crippen LogP contribution in [0.15, 0.2) is 77.5 Å². The molecule has 0 saturated heterocycles. The third-order valence-electron chi connectivity index (χ3n) is 5.83. The fourth-order valence-electron chi connectivity index (χ4n) is 4.24. The van der Waals surface area contributed by atoms with Gasteiger partial charge in [0.2, 0.25) is 0 Å². The van der Waals surface area contributed by atoms with Crippen molar-refractivity contribution in [3.63, 3.8) is 0 Å². The lowest BCUT2D eigenvalue weighted by atomic mass is 10.1. The van der Waals surface area contributed by atoms with Crippen LogP contribution in [0.25, 0.3) is 5.69 Å². The van der Waals surface area contributed by atoms with E-state index in [4.69, 9.17) is 4.42 Å². The topological polar surface area (TPSA) is 63.3 Å². The second kappa shape index (κ2) is 7.80. The van der Waals surface area contributed by atoms with Crippen LogP contribution in [-0.4, -0.2) is 21.7 Å². The molecule has 6 nitrogen and oxygen atoms in total. The van der Waals surface area contributed by atoms with Crippen LogP contribution in [0.1, 0.15) is 34.3 Å². The number of fused-ring (bicyclic) bond motifs is 1. The Hall–Kier alpha value is -3.80. The molecule has 0 radical (unpaired) electrons. The summed E-state index contributed by atoms with van der Waals surface area (Å²) < 4.78 is 7.57. The third-order valence-corrected chi connectivity index (χ3v) is 5.83. The number of aromatic nitrogens is 2. The van der Waals surface area contributed by atoms with Crippen molar-refractivity contribution in [3.05, 3.63) is 95.7 Å². The SMILES string of the molecule is Cc1ccnn1-c1cccc(NC(=O)c2ccoc2CN2c3ccccc3CC2C)c1. The second-order valence-corrected chi connectivity index (χ2v) is 7.96. The van der Waals surface area contributed by atoms with Gasteiger partial charge in [0, 0.05) is 29.3 Å². The largest absolute Gasteiger partial charge is 0.467 e. The van der Waals surface area contributed by atoms with E-state index < -0.39 is 0 Å². The Labute approximate surface area is 181 Å². The average molecular weight is 412 g/mol. The number of para-hydroxylation sites is 1. The maximum absolute atomic E-state index is 13.0. The summed E-state index contributed by atoms with van der Waals surface area (Å²) in [6.07, 6.45) is 4.34. The van der Waals surface area contributed by atoms with Gasteiger partial charge in [0.25, 0.3) is 5.91 Å². The molecule has 156 valence electrons. The van der Waals surface area contributed by atoms with Crippen molar-refractivity contribution >= 4 is 17.3 Å². The summed E-state index contributed by atoms with van der Waals surface area (Å²) in [6, 6.07) is 20.1. The van der Waals surface area contributed by atoms with E-state index in [1.165, 1.54) is 11.3 Å². The lowest BCUT2D eigenvalue weighted by Gasteiger charge is -2.24. The van der Waals surface area contributed by atoms with E-state index in [-0.39, 0.29) is 5.91 Å². The molecule has 1 amide bonds. The number of rotatable bonds is 5. The maximum Gasteiger partial charge on any atom is 0.259 e. The third kappa shape index (κ3) is 3.61. The predicted octanol–water partition coefficient (Wildman–Crippen LogP) is 4.98. The standard InChI is InChI=1S/C25H24N4O2/c1-17-10-12-26-29(17)21-8-5-7-20(15-21)27-25(30)22-11-13-31-24(22)16-28-18(2)14-19-6-3-4-9-23(19)28/h3-13,15,18H,14,16H2,1-2H3,(H,27,30). The molecule has 2 aromatic carbocycles. The second-order valence-electron chi connectivity index (χ2n) is 7.96. The molecule has 3 heterocycles. The lowest BCUT2D eigenvalue weighted by molar-refractivity contribution is 0.102. The van der Waals surface area contributed by atoms with Gasteiger partial charge < -0.3 is 14.6 Å². The van der Waals surface area contributed by atoms with Crippen LogP contribution in [0.5, 0.6) is 0 Å². The first-order valence-corrected chi connectivity index (χ1v) is 10.4. The minimum Gasteiger partial charge on any atom is -0.467 e. The molecule has 0 aliphatic carbocycles. The van der Waals surface area contributed by atoms with Gasteiger partial charge in [-0.3, -0.25) is 4.79 Å². The van der Waals surface area contributed by atoms with E-state index in [1.54, 1.807) is 18.5 Å². The highest BCUT2D eigenvalue weighted by Gasteiger charge is 2.28. The van der Waals surface area contributed by atoms with Gasteiger partial charge >= 0.3 is 0 Å². The van der Waals surface area contributed by atoms with Crippen molar-refractivity contribution in [1.29, 1.82) is 0 Å². The first-order chi connectivity index (χ1) is 15.1. The number of anilines is 2. The zero-order valence-corrected chi connectivity index (χ0v) is 17.6. The maximum atomic E-state index is 13.0. The number of nitrogens with zero attached hydrogens (tertiary/aromatic N) is 3. The number of hydrogen-bond donors (Lipinski definition) is 1. The van der Waals surface area contributed by atoms with Crippen LogP contribution in [0.2, 0.25) is 0 Å². The highest BCUT2D eigenvalue weighted by Crippen LogP contribution is 2.33. The fourth-order valence-corrected chi connectivity index (χ4v) is 4.24. The van der Waals surface area contributed by atoms with Crippen molar-refractivity contribution in [3.8, 4) is 5.69 Å². The van der Waals surface area contributed by atoms with E-state index in [1.807, 2.05) is 48.0 Å². The summed E-state index contributed by atoms with van der Waals surface area (Å²) in [7, 11) is 0. The van der Waals surface area contributed by atoms with Gasteiger partial charge in [0.1, 0.15) is 5.76 Å². The summed E-state index contributed by atoms with van der Waals surface area (Å²) in [5, 5.41) is 7.34. The molecule has 4 aromatic rings. The Morgan fingerprint density at radius 3 is 2.87 bits per heavy atom. The monoisotopic (exact) mass is 412 g/mol. The van der Waals surface area contributed by atoms with Crippen LogP contribution in [-0.2, 0) is 13.0 Å². The summed E-state index contributed by atoms with van der Waals surface area (Å²) in [5.41, 5.74) is 5.73. The molecule has 0 bridgehead atoms. The van der Waals surface area contributed by atoms with Crippen molar-refractivity contribution in [2.45, 2.75) is 32.9 Å². The van der Waals surface area contributed by atoms with Crippen molar-refractivity contribution in [2.24, 2.45) is 0 Å². The Bertz CT molecular complexity index is 1240. The van der Waals surface area contributed by atoms with Gasteiger partial charge in [-0.15, -0.1) is 0 Å². The van der Waals surface area contributed by atoms with Crippen molar-refractivity contribution in [2.75, 3.05) is 10.2 Å². The molecule has 1 aliphatic heterocycles. The minimum atomic E-state index is -0.182. The number of benzene rings is 2. The molecule has 1 N–H and O–H groups in total. The number of hydrogen-bond acceptors (Lipinski definition) is 4. The van der Waals surface area contributed by atoms with E-state index in [9.17, 15) is 4.79 Å². The van der Waals surface area contributed by atoms with E-state index in [2.05, 4.69) is 40.4 Å². The van der Waals surface area contributed by atoms with E-state index in [0.717, 1.165) is 17.8 Å². The fraction of sp³-hybridized carbons (Fsp3) is 0.200. The molecule has 0 saturated carbocycles. The van der Waals surface area contributed by atoms with Crippen LogP contribution in [0, 0.1) is 6.92 Å². The summed E-state index contributed by atoms with van der Waals surface area (Å²) in [6.45, 7) is 4.75. The van der Waals surface area contributed by atoms with Gasteiger partial charge in [-0.05, 0) is 62.2 Å². The van der Waals surface area contributed by atoms with Gasteiger partial charge in [0.05, 0.1) is 24.1 Å². The molecule has 1 aliphatic rings. The zero-order valence-electron chi connectivity index (χ0n) is 17.6. The van der Waals surface area contributed by atoms with E-state index in [0.29, 0.717) is 29.6 Å². The molecule has 0 spiro atoms. The molecule has 2 aromatic heterocycles. The Morgan fingerprint density at radius 2 is 2.03 bits per heavy atom. The van der Waals surface area contributed by atoms with Crippen LogP contribution < -0.4 is 10.2 Å². The number of nitrogens with one attached hydrogen (secondary N) is 1. The highest BCUT2D eigenvalue weighted by molar-refractivity contribution is 6.05. The molecule has 5 rings (SSSR count). The smallest absolute Gasteiger partial charge is 0.259 e. The first kappa shape index (κ1) is 19.2. The van der Waals surface area contributed by atoms with Crippen LogP contribution in [0.4, 0.5) is 11.4 Å². The number of carbonyl (C=O) groups excluding carboxylic acids is 1. The summed E-state index contributed by atoms with van der Waals surface area (Å²) in [4.78, 5) is 15.3. The molecule has 1 unspecified atom stereocenters. The molecule has 0 fully saturated rings. The van der Waals surface area contributed by atoms with Gasteiger partial charge in [-0.2, -0.15) is 5.10 Å². The Morgan fingerprint density at radius 1 is 1.16 bits per heavy atom. The normalized spacial score (nSPS) is 15.2. The van der Waals surface area contributed by atoms with Gasteiger partial charge in [-0.25, -0.2) is 4.68 Å². The Balaban J connectivity index is 1.36. The van der Waals surface area contributed by atoms with Crippen LogP contribution in [0.3, 0.4) is 0 Å². The summed E-state index contributed by atoms with van der Waals surface area (Å²) >= 11 is 0. The quantitative estimate of drug-likeness (QED) is 0.502. The number of aryl methyl sites for hydroxylation is 1. The number of amides is 1.